The molecule has 1 saturated heterocycles. The predicted molar refractivity (Wildman–Crippen MR) is 134 cm³/mol. The number of sulfonamides is 1. The molecule has 0 aromatic heterocycles. The number of carboxylic acid groups (broad SMARTS) is 1. The lowest BCUT2D eigenvalue weighted by Crippen LogP contribution is -2.52. The first kappa shape index (κ1) is 24.8. The Morgan fingerprint density at radius 3 is 2.41 bits per heavy atom. The van der Waals surface area contributed by atoms with E-state index < -0.39 is 34.0 Å². The molecule has 0 bridgehead atoms. The summed E-state index contributed by atoms with van der Waals surface area (Å²) in [6.45, 7) is 0. The molecule has 0 aliphatic carbocycles. The van der Waals surface area contributed by atoms with Gasteiger partial charge < -0.3 is 10.4 Å². The van der Waals surface area contributed by atoms with E-state index in [-0.39, 0.29) is 33.0 Å². The van der Waals surface area contributed by atoms with E-state index >= 15 is 0 Å². The van der Waals surface area contributed by atoms with Gasteiger partial charge in [-0.3, -0.25) is 4.79 Å². The maximum atomic E-state index is 13.2. The first-order valence-corrected chi connectivity index (χ1v) is 13.6. The van der Waals surface area contributed by atoms with Gasteiger partial charge in [0, 0.05) is 22.2 Å². The fourth-order valence-corrected chi connectivity index (χ4v) is 7.63. The van der Waals surface area contributed by atoms with E-state index in [1.54, 1.807) is 0 Å². The van der Waals surface area contributed by atoms with Crippen molar-refractivity contribution in [1.29, 1.82) is 0 Å². The van der Waals surface area contributed by atoms with Crippen LogP contribution in [0.4, 0.5) is 0 Å². The highest BCUT2D eigenvalue weighted by Gasteiger charge is 2.41. The second-order valence-corrected chi connectivity index (χ2v) is 11.6. The van der Waals surface area contributed by atoms with Crippen LogP contribution < -0.4 is 5.32 Å². The number of hydrogen-bond donors (Lipinski definition) is 2. The lowest BCUT2D eigenvalue weighted by Gasteiger charge is -2.24. The van der Waals surface area contributed by atoms with Crippen LogP contribution in [-0.2, 0) is 26.0 Å². The number of nitrogens with one attached hydrogen (secondary N) is 1. The summed E-state index contributed by atoms with van der Waals surface area (Å²) in [5.41, 5.74) is 0.741. The summed E-state index contributed by atoms with van der Waals surface area (Å²) in [6, 6.07) is 14.9. The SMILES string of the molecule is O=C(O)[C@H](Cc1ccc2ccccc2c1)NC(=O)[C@@H]1CSCN1S(=O)(=O)c1cc(Cl)cc(Cl)c1. The van der Waals surface area contributed by atoms with Crippen LogP contribution in [0, 0.1) is 0 Å². The molecule has 1 amide bonds. The standard InChI is InChI=1S/C23H20Cl2N2O5S2/c24-17-9-18(25)11-19(10-17)34(31,32)27-13-33-12-21(27)22(28)26-20(23(29)30)8-14-5-6-15-3-1-2-4-16(15)7-14/h1-7,9-11,20-21H,8,12-13H2,(H,26,28)(H,29,30)/t20-,21-/m0/s1. The van der Waals surface area contributed by atoms with Crippen LogP contribution in [-0.4, -0.2) is 53.4 Å². The van der Waals surface area contributed by atoms with Gasteiger partial charge in [-0.05, 0) is 34.5 Å². The number of carbonyl (C=O) groups is 2. The average molecular weight is 539 g/mol. The van der Waals surface area contributed by atoms with Crippen molar-refractivity contribution in [3.63, 3.8) is 0 Å². The molecule has 2 atom stereocenters. The third-order valence-corrected chi connectivity index (χ3v) is 8.90. The molecule has 0 spiro atoms. The maximum absolute atomic E-state index is 13.2. The summed E-state index contributed by atoms with van der Waals surface area (Å²) in [6.07, 6.45) is 0.0580. The third kappa shape index (κ3) is 5.34. The van der Waals surface area contributed by atoms with E-state index in [9.17, 15) is 23.1 Å². The molecule has 0 saturated carbocycles. The number of amides is 1. The summed E-state index contributed by atoms with van der Waals surface area (Å²) in [5.74, 6) is -1.63. The lowest BCUT2D eigenvalue weighted by atomic mass is 10.0. The Morgan fingerprint density at radius 2 is 1.74 bits per heavy atom. The molecule has 3 aromatic rings. The molecule has 1 aliphatic rings. The van der Waals surface area contributed by atoms with Crippen LogP contribution in [0.25, 0.3) is 10.8 Å². The zero-order chi connectivity index (χ0) is 24.5. The van der Waals surface area contributed by atoms with Gasteiger partial charge in [0.25, 0.3) is 0 Å². The van der Waals surface area contributed by atoms with Gasteiger partial charge in [-0.15, -0.1) is 11.8 Å². The molecule has 1 heterocycles. The third-order valence-electron chi connectivity index (χ3n) is 5.46. The summed E-state index contributed by atoms with van der Waals surface area (Å²) in [5, 5.41) is 14.5. The number of carboxylic acids is 1. The molecule has 2 N–H and O–H groups in total. The van der Waals surface area contributed by atoms with Crippen molar-refractivity contribution in [2.24, 2.45) is 0 Å². The molecule has 1 aliphatic heterocycles. The number of carbonyl (C=O) groups excluding carboxylic acids is 1. The summed E-state index contributed by atoms with van der Waals surface area (Å²) in [7, 11) is -4.08. The lowest BCUT2D eigenvalue weighted by molar-refractivity contribution is -0.142. The Balaban J connectivity index is 1.53. The number of thioether (sulfide) groups is 1. The molecule has 1 fully saturated rings. The highest BCUT2D eigenvalue weighted by molar-refractivity contribution is 8.00. The van der Waals surface area contributed by atoms with Crippen LogP contribution >= 0.6 is 35.0 Å². The maximum Gasteiger partial charge on any atom is 0.326 e. The molecule has 7 nitrogen and oxygen atoms in total. The van der Waals surface area contributed by atoms with Gasteiger partial charge in [0.1, 0.15) is 12.1 Å². The normalized spacial score (nSPS) is 17.5. The fourth-order valence-electron chi connectivity index (χ4n) is 3.75. The Hall–Kier alpha value is -2.30. The Kier molecular flexibility index (Phi) is 7.39. The van der Waals surface area contributed by atoms with Gasteiger partial charge in [0.15, 0.2) is 0 Å². The van der Waals surface area contributed by atoms with Crippen molar-refractivity contribution in [3.05, 3.63) is 76.3 Å². The predicted octanol–water partition coefficient (Wildman–Crippen LogP) is 4.02. The number of hydrogen-bond acceptors (Lipinski definition) is 5. The quantitative estimate of drug-likeness (QED) is 0.470. The summed E-state index contributed by atoms with van der Waals surface area (Å²) in [4.78, 5) is 24.8. The van der Waals surface area contributed by atoms with E-state index in [0.29, 0.717) is 0 Å². The summed E-state index contributed by atoms with van der Waals surface area (Å²) >= 11 is 13.2. The largest absolute Gasteiger partial charge is 0.480 e. The highest BCUT2D eigenvalue weighted by atomic mass is 35.5. The van der Waals surface area contributed by atoms with Crippen molar-refractivity contribution >= 4 is 67.6 Å². The van der Waals surface area contributed by atoms with Crippen molar-refractivity contribution in [1.82, 2.24) is 9.62 Å². The van der Waals surface area contributed by atoms with Crippen LogP contribution in [0.15, 0.2) is 65.6 Å². The molecular formula is C23H20Cl2N2O5S2. The number of nitrogens with zero attached hydrogens (tertiary/aromatic N) is 1. The smallest absolute Gasteiger partial charge is 0.326 e. The van der Waals surface area contributed by atoms with Gasteiger partial charge >= 0.3 is 5.97 Å². The molecule has 34 heavy (non-hydrogen) atoms. The molecule has 0 unspecified atom stereocenters. The van der Waals surface area contributed by atoms with Crippen LogP contribution in [0.1, 0.15) is 5.56 Å². The molecule has 0 radical (unpaired) electrons. The Labute approximate surface area is 211 Å². The Morgan fingerprint density at radius 1 is 1.06 bits per heavy atom. The van der Waals surface area contributed by atoms with Gasteiger partial charge in [-0.2, -0.15) is 4.31 Å². The van der Waals surface area contributed by atoms with E-state index in [0.717, 1.165) is 20.6 Å². The number of halogens is 2. The molecule has 4 rings (SSSR count). The molecule has 178 valence electrons. The zero-order valence-corrected chi connectivity index (χ0v) is 20.8. The first-order valence-electron chi connectivity index (χ1n) is 10.2. The van der Waals surface area contributed by atoms with Crippen LogP contribution in [0.3, 0.4) is 0 Å². The minimum Gasteiger partial charge on any atom is -0.480 e. The number of benzene rings is 3. The zero-order valence-electron chi connectivity index (χ0n) is 17.6. The molecular weight excluding hydrogens is 519 g/mol. The van der Waals surface area contributed by atoms with Crippen molar-refractivity contribution < 1.29 is 23.1 Å². The van der Waals surface area contributed by atoms with E-state index in [1.165, 1.54) is 30.0 Å². The average Bonchev–Trinajstić information content (AvgIpc) is 3.29. The van der Waals surface area contributed by atoms with Gasteiger partial charge in [-0.1, -0.05) is 65.7 Å². The van der Waals surface area contributed by atoms with Crippen LogP contribution in [0.2, 0.25) is 10.0 Å². The second-order valence-electron chi connectivity index (χ2n) is 7.80. The monoisotopic (exact) mass is 538 g/mol. The van der Waals surface area contributed by atoms with E-state index in [2.05, 4.69) is 5.32 Å². The minimum atomic E-state index is -4.08. The summed E-state index contributed by atoms with van der Waals surface area (Å²) < 4.78 is 27.4. The first-order chi connectivity index (χ1) is 16.1. The minimum absolute atomic E-state index is 0.0486. The van der Waals surface area contributed by atoms with E-state index in [1.807, 2.05) is 42.5 Å². The highest BCUT2D eigenvalue weighted by Crippen LogP contribution is 2.31. The Bertz CT molecular complexity index is 1350. The van der Waals surface area contributed by atoms with E-state index in [4.69, 9.17) is 23.2 Å². The molecule has 3 aromatic carbocycles. The number of aliphatic carboxylic acids is 1. The second kappa shape index (κ2) is 10.1. The molecule has 11 heteroatoms. The number of fused-ring (bicyclic) bond motifs is 1. The van der Waals surface area contributed by atoms with Gasteiger partial charge in [-0.25, -0.2) is 13.2 Å². The van der Waals surface area contributed by atoms with Crippen molar-refractivity contribution in [2.75, 3.05) is 11.6 Å². The number of rotatable bonds is 7. The topological polar surface area (TPSA) is 104 Å². The van der Waals surface area contributed by atoms with Gasteiger partial charge in [0.05, 0.1) is 10.8 Å². The van der Waals surface area contributed by atoms with Gasteiger partial charge in [0.2, 0.25) is 15.9 Å². The fraction of sp³-hybridized carbons (Fsp3) is 0.217. The van der Waals surface area contributed by atoms with Crippen LogP contribution in [0.5, 0.6) is 0 Å². The van der Waals surface area contributed by atoms with Crippen molar-refractivity contribution in [2.45, 2.75) is 23.4 Å². The van der Waals surface area contributed by atoms with Crippen molar-refractivity contribution in [3.8, 4) is 0 Å².